The summed E-state index contributed by atoms with van der Waals surface area (Å²) in [4.78, 5) is 25.3. The molecular formula is C27H28FN3O2. The fraction of sp³-hybridized carbons (Fsp3) is 0.259. The molecule has 3 aromatic rings. The molecule has 0 bridgehead atoms. The molecule has 170 valence electrons. The van der Waals surface area contributed by atoms with Crippen molar-refractivity contribution in [3.05, 3.63) is 101 Å². The van der Waals surface area contributed by atoms with Crippen LogP contribution in [0.15, 0.2) is 72.8 Å². The first-order valence-corrected chi connectivity index (χ1v) is 11.3. The Morgan fingerprint density at radius 1 is 0.970 bits per heavy atom. The lowest BCUT2D eigenvalue weighted by molar-refractivity contribution is -0.115. The zero-order valence-electron chi connectivity index (χ0n) is 18.6. The Bertz CT molecular complexity index is 1130. The number of nitrogens with one attached hydrogen (secondary N) is 3. The van der Waals surface area contributed by atoms with Crippen LogP contribution in [-0.4, -0.2) is 24.4 Å². The summed E-state index contributed by atoms with van der Waals surface area (Å²) in [5.74, 6) is -0.798. The molecule has 0 radical (unpaired) electrons. The quantitative estimate of drug-likeness (QED) is 0.451. The third kappa shape index (κ3) is 6.05. The van der Waals surface area contributed by atoms with Gasteiger partial charge < -0.3 is 10.6 Å². The lowest BCUT2D eigenvalue weighted by Crippen LogP contribution is -2.33. The van der Waals surface area contributed by atoms with E-state index in [2.05, 4.69) is 22.9 Å². The summed E-state index contributed by atoms with van der Waals surface area (Å²) in [6.07, 6.45) is 2.91. The molecule has 1 atom stereocenters. The van der Waals surface area contributed by atoms with Crippen molar-refractivity contribution in [1.29, 1.82) is 0 Å². The average Bonchev–Trinajstić information content (AvgIpc) is 3.64. The van der Waals surface area contributed by atoms with Gasteiger partial charge in [-0.05, 0) is 60.2 Å². The van der Waals surface area contributed by atoms with E-state index in [-0.39, 0.29) is 36.3 Å². The van der Waals surface area contributed by atoms with Gasteiger partial charge in [-0.1, -0.05) is 55.5 Å². The molecule has 4 rings (SSSR count). The van der Waals surface area contributed by atoms with E-state index in [9.17, 15) is 14.0 Å². The number of hydrogen-bond acceptors (Lipinski definition) is 3. The molecular weight excluding hydrogens is 417 g/mol. The minimum atomic E-state index is -0.356. The Hall–Kier alpha value is -3.51. The molecule has 3 aromatic carbocycles. The van der Waals surface area contributed by atoms with Crippen LogP contribution in [0.2, 0.25) is 0 Å². The summed E-state index contributed by atoms with van der Waals surface area (Å²) in [6, 6.07) is 21.3. The summed E-state index contributed by atoms with van der Waals surface area (Å²) in [7, 11) is 0. The molecule has 5 nitrogen and oxygen atoms in total. The predicted molar refractivity (Wildman–Crippen MR) is 128 cm³/mol. The standard InChI is InChI=1S/C27H28FN3O2/c1-2-18-10-12-19(13-11-18)26(20-6-5-7-21(28)16-20)29-17-25(32)31-24-9-4-3-8-23(24)27(33)30-22-14-15-22/h3-13,16,22,26,29H,2,14-15,17H2,1H3,(H,30,33)(H,31,32)/t26-/m0/s1. The van der Waals surface area contributed by atoms with Crippen molar-refractivity contribution < 1.29 is 14.0 Å². The number of carbonyl (C=O) groups is 2. The Labute approximate surface area is 193 Å². The van der Waals surface area contributed by atoms with Crippen LogP contribution >= 0.6 is 0 Å². The normalized spacial score (nSPS) is 13.9. The van der Waals surface area contributed by atoms with E-state index in [0.717, 1.165) is 30.4 Å². The van der Waals surface area contributed by atoms with Crippen LogP contribution in [0.1, 0.15) is 52.9 Å². The van der Waals surface area contributed by atoms with E-state index in [4.69, 9.17) is 0 Å². The number of halogens is 1. The van der Waals surface area contributed by atoms with E-state index in [1.165, 1.54) is 17.7 Å². The molecule has 1 fully saturated rings. The lowest BCUT2D eigenvalue weighted by Gasteiger charge is -2.20. The fourth-order valence-corrected chi connectivity index (χ4v) is 3.73. The van der Waals surface area contributed by atoms with Crippen LogP contribution in [-0.2, 0) is 11.2 Å². The van der Waals surface area contributed by atoms with Gasteiger partial charge in [0, 0.05) is 6.04 Å². The Morgan fingerprint density at radius 3 is 2.42 bits per heavy atom. The third-order valence-electron chi connectivity index (χ3n) is 5.73. The molecule has 1 aliphatic rings. The second-order valence-corrected chi connectivity index (χ2v) is 8.31. The highest BCUT2D eigenvalue weighted by Crippen LogP contribution is 2.24. The molecule has 0 saturated heterocycles. The number of hydrogen-bond donors (Lipinski definition) is 3. The van der Waals surface area contributed by atoms with Crippen LogP contribution in [0.25, 0.3) is 0 Å². The van der Waals surface area contributed by atoms with E-state index < -0.39 is 0 Å². The minimum absolute atomic E-state index is 0.00468. The number of amides is 2. The maximum absolute atomic E-state index is 13.9. The smallest absolute Gasteiger partial charge is 0.253 e. The molecule has 0 heterocycles. The third-order valence-corrected chi connectivity index (χ3v) is 5.73. The number of rotatable bonds is 9. The first-order chi connectivity index (χ1) is 16.0. The average molecular weight is 446 g/mol. The zero-order valence-corrected chi connectivity index (χ0v) is 18.6. The molecule has 2 amide bonds. The largest absolute Gasteiger partial charge is 0.349 e. The SMILES string of the molecule is CCc1ccc([C@H](NCC(=O)Nc2ccccc2C(=O)NC2CC2)c2cccc(F)c2)cc1. The molecule has 1 saturated carbocycles. The summed E-state index contributed by atoms with van der Waals surface area (Å²) in [6.45, 7) is 2.08. The van der Waals surface area contributed by atoms with Crippen LogP contribution < -0.4 is 16.0 Å². The van der Waals surface area contributed by atoms with Gasteiger partial charge in [0.2, 0.25) is 5.91 Å². The van der Waals surface area contributed by atoms with Gasteiger partial charge in [0.25, 0.3) is 5.91 Å². The van der Waals surface area contributed by atoms with E-state index in [1.54, 1.807) is 30.3 Å². The van der Waals surface area contributed by atoms with Crippen LogP contribution in [0, 0.1) is 5.82 Å². The van der Waals surface area contributed by atoms with Crippen molar-refractivity contribution in [2.45, 2.75) is 38.3 Å². The lowest BCUT2D eigenvalue weighted by atomic mass is 9.97. The monoisotopic (exact) mass is 445 g/mol. The van der Waals surface area contributed by atoms with Gasteiger partial charge >= 0.3 is 0 Å². The molecule has 0 spiro atoms. The molecule has 33 heavy (non-hydrogen) atoms. The van der Waals surface area contributed by atoms with Crippen molar-refractivity contribution in [1.82, 2.24) is 10.6 Å². The van der Waals surface area contributed by atoms with Gasteiger partial charge in [0.15, 0.2) is 0 Å². The van der Waals surface area contributed by atoms with Gasteiger partial charge in [-0.2, -0.15) is 0 Å². The van der Waals surface area contributed by atoms with Gasteiger partial charge in [0.05, 0.1) is 23.8 Å². The first kappa shape index (κ1) is 22.7. The Morgan fingerprint density at radius 2 is 1.73 bits per heavy atom. The van der Waals surface area contributed by atoms with E-state index in [1.807, 2.05) is 30.3 Å². The van der Waals surface area contributed by atoms with Crippen molar-refractivity contribution in [2.75, 3.05) is 11.9 Å². The molecule has 0 aliphatic heterocycles. The maximum atomic E-state index is 13.9. The van der Waals surface area contributed by atoms with Crippen LogP contribution in [0.4, 0.5) is 10.1 Å². The summed E-state index contributed by atoms with van der Waals surface area (Å²) in [5, 5.41) is 9.04. The number of aryl methyl sites for hydroxylation is 1. The number of benzene rings is 3. The molecule has 0 aromatic heterocycles. The van der Waals surface area contributed by atoms with Gasteiger partial charge in [0.1, 0.15) is 5.82 Å². The number of carbonyl (C=O) groups excluding carboxylic acids is 2. The number of anilines is 1. The maximum Gasteiger partial charge on any atom is 0.253 e. The second-order valence-electron chi connectivity index (χ2n) is 8.31. The molecule has 6 heteroatoms. The topological polar surface area (TPSA) is 70.2 Å². The number of para-hydroxylation sites is 1. The highest BCUT2D eigenvalue weighted by Gasteiger charge is 2.25. The molecule has 1 aliphatic carbocycles. The molecule has 3 N–H and O–H groups in total. The predicted octanol–water partition coefficient (Wildman–Crippen LogP) is 4.60. The van der Waals surface area contributed by atoms with Gasteiger partial charge in [-0.25, -0.2) is 4.39 Å². The summed E-state index contributed by atoms with van der Waals surface area (Å²) in [5.41, 5.74) is 3.79. The highest BCUT2D eigenvalue weighted by atomic mass is 19.1. The fourth-order valence-electron chi connectivity index (χ4n) is 3.73. The minimum Gasteiger partial charge on any atom is -0.349 e. The highest BCUT2D eigenvalue weighted by molar-refractivity contribution is 6.04. The Balaban J connectivity index is 1.47. The van der Waals surface area contributed by atoms with Crippen molar-refractivity contribution in [2.24, 2.45) is 0 Å². The molecule has 0 unspecified atom stereocenters. The van der Waals surface area contributed by atoms with Crippen molar-refractivity contribution >= 4 is 17.5 Å². The zero-order chi connectivity index (χ0) is 23.2. The summed E-state index contributed by atoms with van der Waals surface area (Å²) >= 11 is 0. The van der Waals surface area contributed by atoms with Crippen molar-refractivity contribution in [3.63, 3.8) is 0 Å². The Kier molecular flexibility index (Phi) is 7.15. The van der Waals surface area contributed by atoms with Crippen LogP contribution in [0.3, 0.4) is 0 Å². The van der Waals surface area contributed by atoms with Crippen LogP contribution in [0.5, 0.6) is 0 Å². The second kappa shape index (κ2) is 10.4. The summed E-state index contributed by atoms with van der Waals surface area (Å²) < 4.78 is 13.9. The van der Waals surface area contributed by atoms with Crippen molar-refractivity contribution in [3.8, 4) is 0 Å². The van der Waals surface area contributed by atoms with E-state index in [0.29, 0.717) is 11.3 Å². The first-order valence-electron chi connectivity index (χ1n) is 11.3. The van der Waals surface area contributed by atoms with Gasteiger partial charge in [-0.3, -0.25) is 14.9 Å². The van der Waals surface area contributed by atoms with E-state index >= 15 is 0 Å². The van der Waals surface area contributed by atoms with Gasteiger partial charge in [-0.15, -0.1) is 0 Å².